The van der Waals surface area contributed by atoms with Gasteiger partial charge in [-0.05, 0) is 11.1 Å². The smallest absolute Gasteiger partial charge is 0.510 e. The molecule has 4 aliphatic heterocycles. The van der Waals surface area contributed by atoms with Crippen LogP contribution < -0.4 is 5.11 Å². The maximum Gasteiger partial charge on any atom is 0.510 e. The quantitative estimate of drug-likeness (QED) is 0.208. The molecule has 4 aliphatic rings. The molecule has 4 saturated heterocycles. The van der Waals surface area contributed by atoms with Crippen LogP contribution in [0.15, 0.2) is 60.7 Å². The maximum atomic E-state index is 14.4. The monoisotopic (exact) mass is 692 g/mol. The SMILES string of the molecule is O=C(OCCN1CCOCC1)OCOC(C(=O)OC1CC2CCC(C1)[N+]21CCCC1)(c1ccccc1)c1ccccc1.O=C([O-])C(F)(F)F. The number of carboxylic acid groups (broad SMARTS) is 1. The number of rotatable bonds is 10. The second-order valence-corrected chi connectivity index (χ2v) is 12.8. The van der Waals surface area contributed by atoms with Crippen molar-refractivity contribution in [2.24, 2.45) is 0 Å². The number of hydrogen-bond donors (Lipinski definition) is 0. The van der Waals surface area contributed by atoms with Gasteiger partial charge in [0.2, 0.25) is 5.60 Å². The van der Waals surface area contributed by atoms with E-state index in [1.54, 1.807) is 0 Å². The standard InChI is InChI=1S/C33H43N2O7.C2HF3O2/c36-31(42-30-23-28-13-14-29(24-30)35(28)18-7-8-19-35)33(26-9-3-1-4-10-26,27-11-5-2-6-12-27)41-25-40-32(37)39-22-17-34-15-20-38-21-16-34;3-2(4,5)1(6)7/h1-6,9-12,28-30H,7-8,13-25H2;(H,6,7)/q+1;/p-1. The highest BCUT2D eigenvalue weighted by molar-refractivity contribution is 5.86. The summed E-state index contributed by atoms with van der Waals surface area (Å²) in [4.78, 5) is 37.8. The first-order valence-corrected chi connectivity index (χ1v) is 16.7. The number of nitrogens with zero attached hydrogens (tertiary/aromatic N) is 2. The highest BCUT2D eigenvalue weighted by Crippen LogP contribution is 2.47. The Morgan fingerprint density at radius 3 is 1.90 bits per heavy atom. The summed E-state index contributed by atoms with van der Waals surface area (Å²) in [5, 5.41) is 8.78. The predicted octanol–water partition coefficient (Wildman–Crippen LogP) is 3.54. The fourth-order valence-electron chi connectivity index (χ4n) is 7.81. The lowest BCUT2D eigenvalue weighted by Gasteiger charge is -2.47. The molecule has 11 nitrogen and oxygen atoms in total. The van der Waals surface area contributed by atoms with Crippen molar-refractivity contribution in [1.29, 1.82) is 0 Å². The molecule has 2 aromatic carbocycles. The van der Waals surface area contributed by atoms with Crippen LogP contribution in [0, 0.1) is 0 Å². The molecule has 2 bridgehead atoms. The largest absolute Gasteiger partial charge is 0.542 e. The summed E-state index contributed by atoms with van der Waals surface area (Å²) in [7, 11) is 0. The lowest BCUT2D eigenvalue weighted by atomic mass is 9.85. The fourth-order valence-corrected chi connectivity index (χ4v) is 7.81. The zero-order valence-corrected chi connectivity index (χ0v) is 27.3. The molecule has 268 valence electrons. The van der Waals surface area contributed by atoms with Crippen LogP contribution in [-0.2, 0) is 38.9 Å². The molecular weight excluding hydrogens is 649 g/mol. The first-order valence-electron chi connectivity index (χ1n) is 16.7. The number of aliphatic carboxylic acids is 1. The number of alkyl halides is 3. The molecule has 2 aromatic rings. The minimum atomic E-state index is -5.19. The van der Waals surface area contributed by atoms with Crippen LogP contribution in [-0.4, -0.2) is 111 Å². The minimum Gasteiger partial charge on any atom is -0.542 e. The molecule has 0 N–H and O–H groups in total. The third-order valence-electron chi connectivity index (χ3n) is 10.1. The molecule has 4 heterocycles. The number of ether oxygens (including phenoxy) is 5. The molecule has 14 heteroatoms. The number of esters is 1. The second-order valence-electron chi connectivity index (χ2n) is 12.8. The maximum absolute atomic E-state index is 14.4. The Labute approximate surface area is 283 Å². The van der Waals surface area contributed by atoms with E-state index in [-0.39, 0.29) is 12.7 Å². The number of benzene rings is 2. The highest BCUT2D eigenvalue weighted by Gasteiger charge is 2.57. The summed E-state index contributed by atoms with van der Waals surface area (Å²) in [5.41, 5.74) is -0.368. The van der Waals surface area contributed by atoms with Crippen molar-refractivity contribution in [2.75, 3.05) is 59.3 Å². The van der Waals surface area contributed by atoms with E-state index in [1.165, 1.54) is 43.3 Å². The summed E-state index contributed by atoms with van der Waals surface area (Å²) < 4.78 is 61.4. The first-order chi connectivity index (χ1) is 23.5. The van der Waals surface area contributed by atoms with Crippen LogP contribution >= 0.6 is 0 Å². The number of hydrogen-bond acceptors (Lipinski definition) is 10. The zero-order valence-electron chi connectivity index (χ0n) is 27.3. The van der Waals surface area contributed by atoms with Crippen molar-refractivity contribution in [3.8, 4) is 0 Å². The molecule has 1 spiro atoms. The van der Waals surface area contributed by atoms with E-state index >= 15 is 0 Å². The average molecular weight is 693 g/mol. The predicted molar refractivity (Wildman–Crippen MR) is 166 cm³/mol. The third kappa shape index (κ3) is 8.72. The van der Waals surface area contributed by atoms with Gasteiger partial charge in [0.1, 0.15) is 18.7 Å². The zero-order chi connectivity index (χ0) is 34.9. The van der Waals surface area contributed by atoms with E-state index in [0.29, 0.717) is 43.0 Å². The molecule has 2 atom stereocenters. The van der Waals surface area contributed by atoms with Gasteiger partial charge < -0.3 is 38.1 Å². The van der Waals surface area contributed by atoms with E-state index in [9.17, 15) is 22.8 Å². The first kappa shape index (κ1) is 36.6. The van der Waals surface area contributed by atoms with Crippen molar-refractivity contribution in [2.45, 2.75) is 68.5 Å². The topological polar surface area (TPSA) is 124 Å². The Bertz CT molecular complexity index is 1330. The van der Waals surface area contributed by atoms with Gasteiger partial charge in [-0.15, -0.1) is 0 Å². The number of morpholine rings is 1. The van der Waals surface area contributed by atoms with Gasteiger partial charge in [-0.2, -0.15) is 13.2 Å². The van der Waals surface area contributed by atoms with Crippen LogP contribution in [0.5, 0.6) is 0 Å². The molecule has 0 aliphatic carbocycles. The van der Waals surface area contributed by atoms with Crippen LogP contribution in [0.1, 0.15) is 49.7 Å². The van der Waals surface area contributed by atoms with Crippen LogP contribution in [0.25, 0.3) is 0 Å². The molecule has 0 aromatic heterocycles. The molecular formula is C35H43F3N2O9. The van der Waals surface area contributed by atoms with Crippen molar-refractivity contribution in [1.82, 2.24) is 4.90 Å². The Morgan fingerprint density at radius 1 is 0.857 bits per heavy atom. The summed E-state index contributed by atoms with van der Waals surface area (Å²) in [6.07, 6.45) is 0.578. The number of piperidine rings is 1. The Balaban J connectivity index is 0.000000606. The lowest BCUT2D eigenvalue weighted by Crippen LogP contribution is -2.60. The molecule has 6 rings (SSSR count). The molecule has 4 fully saturated rings. The summed E-state index contributed by atoms with van der Waals surface area (Å²) in [6.45, 7) is 5.83. The molecule has 0 saturated carbocycles. The average Bonchev–Trinajstić information content (AvgIpc) is 3.64. The van der Waals surface area contributed by atoms with Crippen molar-refractivity contribution in [3.05, 3.63) is 71.8 Å². The number of carboxylic acids is 1. The summed E-state index contributed by atoms with van der Waals surface area (Å²) in [5.74, 6) is -3.49. The fraction of sp³-hybridized carbons (Fsp3) is 0.571. The lowest BCUT2D eigenvalue weighted by molar-refractivity contribution is -0.956. The van der Waals surface area contributed by atoms with E-state index in [2.05, 4.69) is 4.90 Å². The minimum absolute atomic E-state index is 0.166. The summed E-state index contributed by atoms with van der Waals surface area (Å²) in [6, 6.07) is 19.8. The van der Waals surface area contributed by atoms with Crippen LogP contribution in [0.2, 0.25) is 0 Å². The molecule has 0 radical (unpaired) electrons. The van der Waals surface area contributed by atoms with E-state index in [1.807, 2.05) is 60.7 Å². The van der Waals surface area contributed by atoms with Gasteiger partial charge in [0, 0.05) is 58.2 Å². The number of carbonyl (C=O) groups is 3. The normalized spacial score (nSPS) is 23.3. The van der Waals surface area contributed by atoms with Gasteiger partial charge >= 0.3 is 18.3 Å². The van der Waals surface area contributed by atoms with E-state index < -0.39 is 36.7 Å². The van der Waals surface area contributed by atoms with E-state index in [4.69, 9.17) is 33.6 Å². The van der Waals surface area contributed by atoms with Crippen LogP contribution in [0.3, 0.4) is 0 Å². The van der Waals surface area contributed by atoms with Crippen LogP contribution in [0.4, 0.5) is 18.0 Å². The highest BCUT2D eigenvalue weighted by atomic mass is 19.4. The van der Waals surface area contributed by atoms with Crippen molar-refractivity contribution < 1.29 is 60.8 Å². The third-order valence-corrected chi connectivity index (χ3v) is 10.1. The number of quaternary nitrogens is 1. The molecule has 49 heavy (non-hydrogen) atoms. The number of carbonyl (C=O) groups excluding carboxylic acids is 3. The Morgan fingerprint density at radius 2 is 1.39 bits per heavy atom. The van der Waals surface area contributed by atoms with Gasteiger partial charge in [0.15, 0.2) is 6.79 Å². The molecule has 2 unspecified atom stereocenters. The Kier molecular flexibility index (Phi) is 12.2. The van der Waals surface area contributed by atoms with Crippen molar-refractivity contribution in [3.63, 3.8) is 0 Å². The number of halogens is 3. The van der Waals surface area contributed by atoms with Gasteiger partial charge in [-0.3, -0.25) is 4.90 Å². The second kappa shape index (κ2) is 16.3. The van der Waals surface area contributed by atoms with Gasteiger partial charge in [-0.25, -0.2) is 9.59 Å². The Hall–Kier alpha value is -3.72. The van der Waals surface area contributed by atoms with E-state index in [0.717, 1.165) is 25.9 Å². The van der Waals surface area contributed by atoms with Gasteiger partial charge in [0.25, 0.3) is 0 Å². The van der Waals surface area contributed by atoms with Crippen molar-refractivity contribution >= 4 is 18.1 Å². The molecule has 0 amide bonds. The van der Waals surface area contributed by atoms with Gasteiger partial charge in [0.05, 0.1) is 38.4 Å². The summed E-state index contributed by atoms with van der Waals surface area (Å²) >= 11 is 0. The van der Waals surface area contributed by atoms with Gasteiger partial charge in [-0.1, -0.05) is 60.7 Å².